The summed E-state index contributed by atoms with van der Waals surface area (Å²) in [5.41, 5.74) is 1.47. The summed E-state index contributed by atoms with van der Waals surface area (Å²) in [6.07, 6.45) is 5.78. The molecule has 0 aromatic heterocycles. The number of nitrogens with one attached hydrogen (secondary N) is 1. The molecule has 1 N–H and O–H groups in total. The molecular weight excluding hydrogens is 232 g/mol. The number of hydrogen-bond donors (Lipinski definition) is 1. The second kappa shape index (κ2) is 6.06. The van der Waals surface area contributed by atoms with Gasteiger partial charge in [0.15, 0.2) is 0 Å². The van der Waals surface area contributed by atoms with Gasteiger partial charge in [-0.1, -0.05) is 43.2 Å². The van der Waals surface area contributed by atoms with Crippen molar-refractivity contribution in [3.05, 3.63) is 35.9 Å². The van der Waals surface area contributed by atoms with Gasteiger partial charge in [-0.05, 0) is 31.2 Å². The number of rotatable bonds is 3. The van der Waals surface area contributed by atoms with E-state index in [2.05, 4.69) is 47.5 Å². The van der Waals surface area contributed by atoms with Crippen LogP contribution in [0.1, 0.15) is 44.2 Å². The molecular formula is C17H26N2. The van der Waals surface area contributed by atoms with Crippen LogP contribution < -0.4 is 5.32 Å². The van der Waals surface area contributed by atoms with Gasteiger partial charge in [0, 0.05) is 31.7 Å². The highest BCUT2D eigenvalue weighted by atomic mass is 15.2. The summed E-state index contributed by atoms with van der Waals surface area (Å²) in [5.74, 6) is 0.941. The van der Waals surface area contributed by atoms with Crippen LogP contribution in [0.5, 0.6) is 0 Å². The van der Waals surface area contributed by atoms with E-state index in [9.17, 15) is 0 Å². The van der Waals surface area contributed by atoms with Crippen molar-refractivity contribution in [3.63, 3.8) is 0 Å². The van der Waals surface area contributed by atoms with Crippen LogP contribution in [0.25, 0.3) is 0 Å². The summed E-state index contributed by atoms with van der Waals surface area (Å²) < 4.78 is 0. The molecule has 2 fully saturated rings. The largest absolute Gasteiger partial charge is 0.311 e. The fraction of sp³-hybridized carbons (Fsp3) is 0.647. The van der Waals surface area contributed by atoms with Gasteiger partial charge in [0.25, 0.3) is 0 Å². The molecule has 0 amide bonds. The molecule has 0 spiro atoms. The molecule has 1 aliphatic heterocycles. The van der Waals surface area contributed by atoms with Crippen molar-refractivity contribution in [2.24, 2.45) is 5.92 Å². The lowest BCUT2D eigenvalue weighted by Gasteiger charge is -2.41. The molecule has 2 heteroatoms. The Labute approximate surface area is 117 Å². The molecule has 3 rings (SSSR count). The highest BCUT2D eigenvalue weighted by molar-refractivity contribution is 5.20. The van der Waals surface area contributed by atoms with Crippen LogP contribution in [-0.4, -0.2) is 30.6 Å². The predicted octanol–water partition coefficient (Wildman–Crippen LogP) is 3.21. The second-order valence-corrected chi connectivity index (χ2v) is 6.34. The van der Waals surface area contributed by atoms with E-state index in [1.807, 2.05) is 0 Å². The Kier molecular flexibility index (Phi) is 4.19. The van der Waals surface area contributed by atoms with Crippen molar-refractivity contribution >= 4 is 0 Å². The molecule has 1 saturated carbocycles. The molecule has 1 saturated heterocycles. The molecule has 1 aromatic carbocycles. The second-order valence-electron chi connectivity index (χ2n) is 6.34. The van der Waals surface area contributed by atoms with Crippen LogP contribution in [-0.2, 0) is 0 Å². The average Bonchev–Trinajstić information content (AvgIpc) is 2.93. The number of hydrogen-bond acceptors (Lipinski definition) is 2. The van der Waals surface area contributed by atoms with Crippen molar-refractivity contribution in [2.75, 3.05) is 19.6 Å². The Bertz CT molecular complexity index is 384. The van der Waals surface area contributed by atoms with Gasteiger partial charge in [0.05, 0.1) is 0 Å². The average molecular weight is 258 g/mol. The van der Waals surface area contributed by atoms with Gasteiger partial charge in [0.1, 0.15) is 0 Å². The Morgan fingerprint density at radius 2 is 1.89 bits per heavy atom. The quantitative estimate of drug-likeness (QED) is 0.895. The van der Waals surface area contributed by atoms with Crippen LogP contribution in [0.2, 0.25) is 0 Å². The maximum absolute atomic E-state index is 3.64. The maximum Gasteiger partial charge on any atom is 0.0473 e. The van der Waals surface area contributed by atoms with E-state index < -0.39 is 0 Å². The zero-order valence-electron chi connectivity index (χ0n) is 12.0. The number of piperazine rings is 1. The minimum atomic E-state index is 0.568. The minimum absolute atomic E-state index is 0.568. The standard InChI is InChI=1S/C17H26N2/c1-14-12-19(13-15-7-5-6-8-15)17(11-18-14)16-9-3-2-4-10-16/h2-4,9-10,14-15,17-18H,5-8,11-13H2,1H3. The molecule has 104 valence electrons. The van der Waals surface area contributed by atoms with E-state index in [4.69, 9.17) is 0 Å². The first-order valence-corrected chi connectivity index (χ1v) is 7.85. The van der Waals surface area contributed by atoms with Gasteiger partial charge in [0.2, 0.25) is 0 Å². The third kappa shape index (κ3) is 3.18. The Morgan fingerprint density at radius 3 is 2.63 bits per heavy atom. The van der Waals surface area contributed by atoms with Crippen molar-refractivity contribution in [3.8, 4) is 0 Å². The number of nitrogens with zero attached hydrogens (tertiary/aromatic N) is 1. The van der Waals surface area contributed by atoms with E-state index in [1.54, 1.807) is 0 Å². The molecule has 2 unspecified atom stereocenters. The minimum Gasteiger partial charge on any atom is -0.311 e. The molecule has 19 heavy (non-hydrogen) atoms. The number of benzene rings is 1. The summed E-state index contributed by atoms with van der Waals surface area (Å²) in [6.45, 7) is 5.89. The summed E-state index contributed by atoms with van der Waals surface area (Å²) >= 11 is 0. The monoisotopic (exact) mass is 258 g/mol. The Balaban J connectivity index is 1.72. The third-order valence-corrected chi connectivity index (χ3v) is 4.76. The highest BCUT2D eigenvalue weighted by Crippen LogP contribution is 2.30. The fourth-order valence-corrected chi connectivity index (χ4v) is 3.72. The van der Waals surface area contributed by atoms with E-state index in [1.165, 1.54) is 44.3 Å². The molecule has 1 aliphatic carbocycles. The Hall–Kier alpha value is -0.860. The topological polar surface area (TPSA) is 15.3 Å². The maximum atomic E-state index is 3.64. The van der Waals surface area contributed by atoms with Crippen molar-refractivity contribution in [1.82, 2.24) is 10.2 Å². The van der Waals surface area contributed by atoms with Gasteiger partial charge in [-0.2, -0.15) is 0 Å². The molecule has 0 radical (unpaired) electrons. The van der Waals surface area contributed by atoms with Gasteiger partial charge in [-0.3, -0.25) is 4.90 Å². The van der Waals surface area contributed by atoms with E-state index >= 15 is 0 Å². The van der Waals surface area contributed by atoms with Gasteiger partial charge >= 0.3 is 0 Å². The molecule has 2 nitrogen and oxygen atoms in total. The molecule has 2 atom stereocenters. The van der Waals surface area contributed by atoms with Crippen LogP contribution in [0.4, 0.5) is 0 Å². The van der Waals surface area contributed by atoms with Gasteiger partial charge in [-0.15, -0.1) is 0 Å². The fourth-order valence-electron chi connectivity index (χ4n) is 3.72. The highest BCUT2D eigenvalue weighted by Gasteiger charge is 2.29. The van der Waals surface area contributed by atoms with Gasteiger partial charge < -0.3 is 5.32 Å². The zero-order chi connectivity index (χ0) is 13.1. The summed E-state index contributed by atoms with van der Waals surface area (Å²) in [6, 6.07) is 12.2. The van der Waals surface area contributed by atoms with Gasteiger partial charge in [-0.25, -0.2) is 0 Å². The van der Waals surface area contributed by atoms with E-state index in [0.717, 1.165) is 12.5 Å². The van der Waals surface area contributed by atoms with Crippen LogP contribution in [0.15, 0.2) is 30.3 Å². The normalized spacial score (nSPS) is 29.7. The third-order valence-electron chi connectivity index (χ3n) is 4.76. The smallest absolute Gasteiger partial charge is 0.0473 e. The lowest BCUT2D eigenvalue weighted by molar-refractivity contribution is 0.115. The van der Waals surface area contributed by atoms with Crippen molar-refractivity contribution < 1.29 is 0 Å². The SMILES string of the molecule is CC1CN(CC2CCCC2)C(c2ccccc2)CN1. The molecule has 0 bridgehead atoms. The summed E-state index contributed by atoms with van der Waals surface area (Å²) in [5, 5.41) is 3.64. The molecule has 1 aromatic rings. The summed E-state index contributed by atoms with van der Waals surface area (Å²) in [7, 11) is 0. The van der Waals surface area contributed by atoms with Crippen LogP contribution in [0.3, 0.4) is 0 Å². The molecule has 1 heterocycles. The van der Waals surface area contributed by atoms with Crippen molar-refractivity contribution in [1.29, 1.82) is 0 Å². The van der Waals surface area contributed by atoms with E-state index in [-0.39, 0.29) is 0 Å². The first kappa shape index (κ1) is 13.1. The van der Waals surface area contributed by atoms with Crippen molar-refractivity contribution in [2.45, 2.75) is 44.7 Å². The molecule has 2 aliphatic rings. The predicted molar refractivity (Wildman–Crippen MR) is 80.2 cm³/mol. The first-order chi connectivity index (χ1) is 9.33. The Morgan fingerprint density at radius 1 is 1.16 bits per heavy atom. The van der Waals surface area contributed by atoms with Crippen LogP contribution in [0, 0.1) is 5.92 Å². The lowest BCUT2D eigenvalue weighted by atomic mass is 9.98. The van der Waals surface area contributed by atoms with Crippen LogP contribution >= 0.6 is 0 Å². The van der Waals surface area contributed by atoms with E-state index in [0.29, 0.717) is 12.1 Å². The first-order valence-electron chi connectivity index (χ1n) is 7.85. The lowest BCUT2D eigenvalue weighted by Crippen LogP contribution is -2.52. The summed E-state index contributed by atoms with van der Waals surface area (Å²) in [4.78, 5) is 2.73. The zero-order valence-corrected chi connectivity index (χ0v) is 12.0.